The fourth-order valence-electron chi connectivity index (χ4n) is 1.27. The molecule has 1 N–H and O–H groups in total. The van der Waals surface area contributed by atoms with Gasteiger partial charge in [-0.15, -0.1) is 0 Å². The first-order chi connectivity index (χ1) is 6.90. The number of aliphatic hydroxyl groups is 1. The van der Waals surface area contributed by atoms with Crippen LogP contribution < -0.4 is 0 Å². The van der Waals surface area contributed by atoms with Gasteiger partial charge in [-0.2, -0.15) is 4.39 Å². The van der Waals surface area contributed by atoms with Crippen molar-refractivity contribution >= 4 is 5.69 Å². The molecule has 0 aromatic heterocycles. The highest BCUT2D eigenvalue weighted by Gasteiger charge is 2.28. The average Bonchev–Trinajstić information content (AvgIpc) is 2.17. The van der Waals surface area contributed by atoms with E-state index >= 15 is 0 Å². The van der Waals surface area contributed by atoms with Crippen LogP contribution in [0.2, 0.25) is 0 Å². The minimum Gasteiger partial charge on any atom is -0.395 e. The number of halogens is 1. The molecular weight excluding hydrogens is 201 g/mol. The molecule has 0 aliphatic carbocycles. The molecule has 0 aliphatic heterocycles. The van der Waals surface area contributed by atoms with E-state index in [1.165, 1.54) is 12.1 Å². The molecule has 0 bridgehead atoms. The van der Waals surface area contributed by atoms with Gasteiger partial charge in [0.05, 0.1) is 11.5 Å². The van der Waals surface area contributed by atoms with Crippen molar-refractivity contribution in [2.45, 2.75) is 19.3 Å². The smallest absolute Gasteiger partial charge is 0.305 e. The third-order valence-corrected chi connectivity index (χ3v) is 2.30. The topological polar surface area (TPSA) is 63.4 Å². The maximum Gasteiger partial charge on any atom is 0.305 e. The van der Waals surface area contributed by atoms with Gasteiger partial charge in [-0.1, -0.05) is 26.0 Å². The zero-order valence-electron chi connectivity index (χ0n) is 8.53. The lowest BCUT2D eigenvalue weighted by Gasteiger charge is -2.22. The van der Waals surface area contributed by atoms with E-state index < -0.39 is 21.8 Å². The molecule has 1 rings (SSSR count). The Hall–Kier alpha value is -1.49. The predicted octanol–water partition coefficient (Wildman–Crippen LogP) is 2.00. The second kappa shape index (κ2) is 3.94. The first-order valence-electron chi connectivity index (χ1n) is 4.44. The Morgan fingerprint density at radius 1 is 1.53 bits per heavy atom. The summed E-state index contributed by atoms with van der Waals surface area (Å²) in [4.78, 5) is 9.72. The first kappa shape index (κ1) is 11.6. The molecule has 0 atom stereocenters. The molecule has 0 aliphatic rings. The van der Waals surface area contributed by atoms with Crippen LogP contribution in [0.3, 0.4) is 0 Å². The van der Waals surface area contributed by atoms with Crippen LogP contribution in [0.1, 0.15) is 19.4 Å². The summed E-state index contributed by atoms with van der Waals surface area (Å²) in [6.45, 7) is 2.97. The fraction of sp³-hybridized carbons (Fsp3) is 0.400. The minimum absolute atomic E-state index is 0.152. The predicted molar refractivity (Wildman–Crippen MR) is 53.2 cm³/mol. The summed E-state index contributed by atoms with van der Waals surface area (Å²) >= 11 is 0. The molecule has 0 amide bonds. The SMILES string of the molecule is CC(C)(CO)c1cccc([N+](=O)[O-])c1F. The van der Waals surface area contributed by atoms with Crippen molar-refractivity contribution in [1.82, 2.24) is 0 Å². The first-order valence-corrected chi connectivity index (χ1v) is 4.44. The molecule has 1 aromatic rings. The summed E-state index contributed by atoms with van der Waals surface area (Å²) in [5.41, 5.74) is -1.23. The summed E-state index contributed by atoms with van der Waals surface area (Å²) in [7, 11) is 0. The van der Waals surface area contributed by atoms with Crippen LogP contribution in [-0.4, -0.2) is 16.6 Å². The summed E-state index contributed by atoms with van der Waals surface area (Å²) in [5.74, 6) is -0.874. The van der Waals surface area contributed by atoms with Gasteiger partial charge in [-0.25, -0.2) is 0 Å². The number of benzene rings is 1. The van der Waals surface area contributed by atoms with Gasteiger partial charge < -0.3 is 5.11 Å². The molecule has 0 fully saturated rings. The molecule has 15 heavy (non-hydrogen) atoms. The second-order valence-electron chi connectivity index (χ2n) is 3.94. The lowest BCUT2D eigenvalue weighted by atomic mass is 9.85. The number of hydrogen-bond acceptors (Lipinski definition) is 3. The highest BCUT2D eigenvalue weighted by atomic mass is 19.1. The minimum atomic E-state index is -0.874. The van der Waals surface area contributed by atoms with Crippen LogP contribution in [0, 0.1) is 15.9 Å². The van der Waals surface area contributed by atoms with Crippen LogP contribution in [0.15, 0.2) is 18.2 Å². The maximum absolute atomic E-state index is 13.7. The summed E-state index contributed by atoms with van der Waals surface area (Å²) in [6.07, 6.45) is 0. The van der Waals surface area contributed by atoms with Crippen molar-refractivity contribution in [3.8, 4) is 0 Å². The number of nitro groups is 1. The van der Waals surface area contributed by atoms with E-state index in [0.717, 1.165) is 6.07 Å². The van der Waals surface area contributed by atoms with E-state index in [1.807, 2.05) is 0 Å². The normalized spacial score (nSPS) is 11.5. The molecule has 0 heterocycles. The number of aliphatic hydroxyl groups excluding tert-OH is 1. The molecule has 5 heteroatoms. The van der Waals surface area contributed by atoms with E-state index in [9.17, 15) is 14.5 Å². The van der Waals surface area contributed by atoms with Crippen molar-refractivity contribution in [1.29, 1.82) is 0 Å². The molecule has 0 unspecified atom stereocenters. The second-order valence-corrected chi connectivity index (χ2v) is 3.94. The molecular formula is C10H12FNO3. The third-order valence-electron chi connectivity index (χ3n) is 2.30. The largest absolute Gasteiger partial charge is 0.395 e. The highest BCUT2D eigenvalue weighted by Crippen LogP contribution is 2.29. The van der Waals surface area contributed by atoms with Gasteiger partial charge in [0, 0.05) is 17.0 Å². The summed E-state index contributed by atoms with van der Waals surface area (Å²) in [5, 5.41) is 19.6. The van der Waals surface area contributed by atoms with Gasteiger partial charge in [-0.05, 0) is 0 Å². The van der Waals surface area contributed by atoms with Gasteiger partial charge in [0.2, 0.25) is 5.82 Å². The van der Waals surface area contributed by atoms with Crippen LogP contribution in [0.25, 0.3) is 0 Å². The Bertz CT molecular complexity index is 390. The van der Waals surface area contributed by atoms with Gasteiger partial charge >= 0.3 is 5.69 Å². The summed E-state index contributed by atoms with van der Waals surface area (Å²) < 4.78 is 13.7. The van der Waals surface area contributed by atoms with Crippen LogP contribution in [-0.2, 0) is 5.41 Å². The van der Waals surface area contributed by atoms with Crippen molar-refractivity contribution < 1.29 is 14.4 Å². The fourth-order valence-corrected chi connectivity index (χ4v) is 1.27. The molecule has 82 valence electrons. The lowest BCUT2D eigenvalue weighted by molar-refractivity contribution is -0.387. The monoisotopic (exact) mass is 213 g/mol. The average molecular weight is 213 g/mol. The Labute approximate surface area is 86.5 Å². The van der Waals surface area contributed by atoms with Crippen LogP contribution in [0.4, 0.5) is 10.1 Å². The van der Waals surface area contributed by atoms with E-state index in [0.29, 0.717) is 0 Å². The van der Waals surface area contributed by atoms with Gasteiger partial charge in [0.1, 0.15) is 0 Å². The van der Waals surface area contributed by atoms with Crippen molar-refractivity contribution in [2.24, 2.45) is 0 Å². The van der Waals surface area contributed by atoms with Crippen LogP contribution >= 0.6 is 0 Å². The quantitative estimate of drug-likeness (QED) is 0.617. The van der Waals surface area contributed by atoms with E-state index in [1.54, 1.807) is 13.8 Å². The van der Waals surface area contributed by atoms with Gasteiger partial charge in [0.15, 0.2) is 0 Å². The molecule has 0 radical (unpaired) electrons. The zero-order valence-corrected chi connectivity index (χ0v) is 8.53. The third kappa shape index (κ3) is 2.12. The molecule has 1 aromatic carbocycles. The van der Waals surface area contributed by atoms with Gasteiger partial charge in [0.25, 0.3) is 0 Å². The summed E-state index contributed by atoms with van der Waals surface area (Å²) in [6, 6.07) is 3.96. The molecule has 4 nitrogen and oxygen atoms in total. The lowest BCUT2D eigenvalue weighted by Crippen LogP contribution is -2.23. The van der Waals surface area contributed by atoms with E-state index in [-0.39, 0.29) is 12.2 Å². The van der Waals surface area contributed by atoms with Crippen molar-refractivity contribution in [3.63, 3.8) is 0 Å². The van der Waals surface area contributed by atoms with E-state index in [4.69, 9.17) is 5.11 Å². The number of nitro benzene ring substituents is 1. The van der Waals surface area contributed by atoms with E-state index in [2.05, 4.69) is 0 Å². The molecule has 0 saturated heterocycles. The van der Waals surface area contributed by atoms with Crippen molar-refractivity contribution in [3.05, 3.63) is 39.7 Å². The Kier molecular flexibility index (Phi) is 3.04. The highest BCUT2D eigenvalue weighted by molar-refractivity contribution is 5.40. The standard InChI is InChI=1S/C10H12FNO3/c1-10(2,6-13)7-4-3-5-8(9(7)11)12(14)15/h3-5,13H,6H2,1-2H3. The Balaban J connectivity index is 3.33. The van der Waals surface area contributed by atoms with Crippen molar-refractivity contribution in [2.75, 3.05) is 6.61 Å². The van der Waals surface area contributed by atoms with Gasteiger partial charge in [-0.3, -0.25) is 10.1 Å². The Morgan fingerprint density at radius 2 is 2.13 bits per heavy atom. The molecule has 0 spiro atoms. The maximum atomic E-state index is 13.7. The molecule has 0 saturated carbocycles. The zero-order chi connectivity index (χ0) is 11.6. The number of hydrogen-bond donors (Lipinski definition) is 1. The van der Waals surface area contributed by atoms with Crippen LogP contribution in [0.5, 0.6) is 0 Å². The Morgan fingerprint density at radius 3 is 2.60 bits per heavy atom. The number of rotatable bonds is 3. The number of nitrogens with zero attached hydrogens (tertiary/aromatic N) is 1.